The van der Waals surface area contributed by atoms with Gasteiger partial charge in [0.1, 0.15) is 11.6 Å². The van der Waals surface area contributed by atoms with Crippen LogP contribution in [0.25, 0.3) is 0 Å². The first-order chi connectivity index (χ1) is 15.4. The minimum absolute atomic E-state index is 0.0394. The molecule has 0 aromatic carbocycles. The predicted octanol–water partition coefficient (Wildman–Crippen LogP) is 1.43. The van der Waals surface area contributed by atoms with Crippen LogP contribution in [0.2, 0.25) is 0 Å². The summed E-state index contributed by atoms with van der Waals surface area (Å²) in [5.74, 6) is 1.39. The molecular formula is C23H29N5O4. The molecule has 1 saturated heterocycles. The van der Waals surface area contributed by atoms with E-state index in [0.29, 0.717) is 43.9 Å². The van der Waals surface area contributed by atoms with E-state index >= 15 is 0 Å². The molecule has 0 saturated carbocycles. The van der Waals surface area contributed by atoms with Gasteiger partial charge in [0.15, 0.2) is 0 Å². The normalized spacial score (nSPS) is 21.8. The van der Waals surface area contributed by atoms with Crippen molar-refractivity contribution in [2.75, 3.05) is 19.6 Å². The maximum atomic E-state index is 13.4. The van der Waals surface area contributed by atoms with Crippen molar-refractivity contribution in [2.24, 2.45) is 0 Å². The van der Waals surface area contributed by atoms with Crippen molar-refractivity contribution in [2.45, 2.75) is 64.1 Å². The number of likely N-dealkylation sites (tertiary alicyclic amines) is 1. The van der Waals surface area contributed by atoms with Crippen LogP contribution in [0.15, 0.2) is 27.6 Å². The highest BCUT2D eigenvalue weighted by Gasteiger charge is 2.48. The summed E-state index contributed by atoms with van der Waals surface area (Å²) in [6.07, 6.45) is 3.94. The second kappa shape index (κ2) is 7.79. The Hall–Kier alpha value is -3.10. The van der Waals surface area contributed by atoms with Crippen molar-refractivity contribution in [1.29, 1.82) is 0 Å². The van der Waals surface area contributed by atoms with Gasteiger partial charge in [0.2, 0.25) is 5.91 Å². The number of furan rings is 1. The number of hydrogen-bond acceptors (Lipinski definition) is 5. The molecule has 2 aromatic rings. The van der Waals surface area contributed by atoms with Crippen molar-refractivity contribution in [3.63, 3.8) is 0 Å². The molecule has 1 unspecified atom stereocenters. The lowest BCUT2D eigenvalue weighted by molar-refractivity contribution is -0.131. The Morgan fingerprint density at radius 2 is 2.03 bits per heavy atom. The SMILES string of the molecule is CC(C)NC(=O)N1CCC2(CCn3c2nc2c(c3=O)CN(C(=O)Cc3ccco3)CC2)C1. The van der Waals surface area contributed by atoms with Gasteiger partial charge in [0.05, 0.1) is 30.5 Å². The molecule has 9 heteroatoms. The molecular weight excluding hydrogens is 410 g/mol. The van der Waals surface area contributed by atoms with Crippen LogP contribution in [-0.2, 0) is 36.1 Å². The third-order valence-corrected chi connectivity index (χ3v) is 6.92. The van der Waals surface area contributed by atoms with Crippen LogP contribution in [-0.4, -0.2) is 57.0 Å². The molecule has 0 aliphatic carbocycles. The summed E-state index contributed by atoms with van der Waals surface area (Å²) in [5.41, 5.74) is 1.13. The third-order valence-electron chi connectivity index (χ3n) is 6.92. The first kappa shape index (κ1) is 20.8. The first-order valence-corrected chi connectivity index (χ1v) is 11.3. The van der Waals surface area contributed by atoms with Gasteiger partial charge in [-0.25, -0.2) is 9.78 Å². The largest absolute Gasteiger partial charge is 0.469 e. The van der Waals surface area contributed by atoms with Crippen molar-refractivity contribution in [3.05, 3.63) is 51.6 Å². The Balaban J connectivity index is 1.37. The van der Waals surface area contributed by atoms with Crippen molar-refractivity contribution >= 4 is 11.9 Å². The van der Waals surface area contributed by atoms with E-state index in [2.05, 4.69) is 5.32 Å². The van der Waals surface area contributed by atoms with Gasteiger partial charge in [-0.2, -0.15) is 0 Å². The lowest BCUT2D eigenvalue weighted by Gasteiger charge is -2.30. The van der Waals surface area contributed by atoms with Crippen LogP contribution in [0, 0.1) is 0 Å². The fourth-order valence-electron chi connectivity index (χ4n) is 5.22. The summed E-state index contributed by atoms with van der Waals surface area (Å²) in [6, 6.07) is 3.58. The highest BCUT2D eigenvalue weighted by Crippen LogP contribution is 2.41. The minimum Gasteiger partial charge on any atom is -0.469 e. The average Bonchev–Trinajstić information content (AvgIpc) is 3.50. The molecule has 1 atom stereocenters. The van der Waals surface area contributed by atoms with Crippen LogP contribution in [0.4, 0.5) is 4.79 Å². The Labute approximate surface area is 186 Å². The van der Waals surface area contributed by atoms with E-state index in [0.717, 1.165) is 24.4 Å². The summed E-state index contributed by atoms with van der Waals surface area (Å²) < 4.78 is 7.07. The zero-order valence-corrected chi connectivity index (χ0v) is 18.6. The van der Waals surface area contributed by atoms with Gasteiger partial charge in [0, 0.05) is 44.1 Å². The summed E-state index contributed by atoms with van der Waals surface area (Å²) in [4.78, 5) is 47.1. The molecule has 32 heavy (non-hydrogen) atoms. The topological polar surface area (TPSA) is 101 Å². The van der Waals surface area contributed by atoms with Gasteiger partial charge in [-0.05, 0) is 38.8 Å². The number of amides is 3. The Bertz CT molecular complexity index is 1110. The highest BCUT2D eigenvalue weighted by molar-refractivity contribution is 5.78. The van der Waals surface area contributed by atoms with E-state index in [4.69, 9.17) is 9.40 Å². The fourth-order valence-corrected chi connectivity index (χ4v) is 5.22. The number of hydrogen-bond donors (Lipinski definition) is 1. The zero-order chi connectivity index (χ0) is 22.5. The van der Waals surface area contributed by atoms with E-state index in [1.165, 1.54) is 0 Å². The van der Waals surface area contributed by atoms with Gasteiger partial charge >= 0.3 is 6.03 Å². The fraction of sp³-hybridized carbons (Fsp3) is 0.565. The molecule has 170 valence electrons. The average molecular weight is 440 g/mol. The van der Waals surface area contributed by atoms with Crippen LogP contribution < -0.4 is 10.9 Å². The number of carbonyl (C=O) groups excluding carboxylic acids is 2. The van der Waals surface area contributed by atoms with Crippen LogP contribution in [0.3, 0.4) is 0 Å². The van der Waals surface area contributed by atoms with E-state index in [1.807, 2.05) is 18.7 Å². The van der Waals surface area contributed by atoms with Crippen LogP contribution in [0.1, 0.15) is 49.5 Å². The molecule has 5 rings (SSSR count). The maximum Gasteiger partial charge on any atom is 0.317 e. The lowest BCUT2D eigenvalue weighted by Crippen LogP contribution is -2.44. The van der Waals surface area contributed by atoms with E-state index < -0.39 is 0 Å². The number of aromatic nitrogens is 2. The monoisotopic (exact) mass is 439 g/mol. The molecule has 0 bridgehead atoms. The number of fused-ring (bicyclic) bond motifs is 3. The number of urea groups is 1. The molecule has 2 aromatic heterocycles. The summed E-state index contributed by atoms with van der Waals surface area (Å²) in [7, 11) is 0. The second-order valence-electron chi connectivity index (χ2n) is 9.44. The Morgan fingerprint density at radius 3 is 2.78 bits per heavy atom. The molecule has 1 N–H and O–H groups in total. The molecule has 3 aliphatic heterocycles. The molecule has 3 aliphatic rings. The molecule has 3 amide bonds. The molecule has 0 radical (unpaired) electrons. The molecule has 1 spiro atoms. The van der Waals surface area contributed by atoms with Gasteiger partial charge in [-0.1, -0.05) is 0 Å². The third kappa shape index (κ3) is 3.49. The summed E-state index contributed by atoms with van der Waals surface area (Å²) in [6.45, 7) is 6.59. The smallest absolute Gasteiger partial charge is 0.317 e. The number of nitrogens with zero attached hydrogens (tertiary/aromatic N) is 4. The van der Waals surface area contributed by atoms with Crippen molar-refractivity contribution in [1.82, 2.24) is 24.7 Å². The van der Waals surface area contributed by atoms with E-state index in [-0.39, 0.29) is 41.9 Å². The second-order valence-corrected chi connectivity index (χ2v) is 9.44. The van der Waals surface area contributed by atoms with E-state index in [1.54, 1.807) is 27.9 Å². The van der Waals surface area contributed by atoms with Gasteiger partial charge in [-0.15, -0.1) is 0 Å². The van der Waals surface area contributed by atoms with Gasteiger partial charge < -0.3 is 19.5 Å². The van der Waals surface area contributed by atoms with Crippen molar-refractivity contribution in [3.8, 4) is 0 Å². The van der Waals surface area contributed by atoms with Gasteiger partial charge in [-0.3, -0.25) is 14.2 Å². The number of rotatable bonds is 3. The number of carbonyl (C=O) groups is 2. The highest BCUT2D eigenvalue weighted by atomic mass is 16.3. The van der Waals surface area contributed by atoms with E-state index in [9.17, 15) is 14.4 Å². The zero-order valence-electron chi connectivity index (χ0n) is 18.6. The lowest BCUT2D eigenvalue weighted by atomic mass is 9.85. The minimum atomic E-state index is -0.255. The molecule has 5 heterocycles. The van der Waals surface area contributed by atoms with Crippen LogP contribution in [0.5, 0.6) is 0 Å². The maximum absolute atomic E-state index is 13.4. The van der Waals surface area contributed by atoms with Gasteiger partial charge in [0.25, 0.3) is 5.56 Å². The molecule has 9 nitrogen and oxygen atoms in total. The Kier molecular flexibility index (Phi) is 5.06. The quantitative estimate of drug-likeness (QED) is 0.780. The summed E-state index contributed by atoms with van der Waals surface area (Å²) >= 11 is 0. The first-order valence-electron chi connectivity index (χ1n) is 11.3. The van der Waals surface area contributed by atoms with Crippen LogP contribution >= 0.6 is 0 Å². The summed E-state index contributed by atoms with van der Waals surface area (Å²) in [5, 5.41) is 2.96. The predicted molar refractivity (Wildman–Crippen MR) is 116 cm³/mol. The number of nitrogens with one attached hydrogen (secondary N) is 1. The van der Waals surface area contributed by atoms with Crippen molar-refractivity contribution < 1.29 is 14.0 Å². The molecule has 1 fully saturated rings. The standard InChI is InChI=1S/C23H29N5O4/c1-15(2)24-22(31)27-9-6-23(14-27)7-10-28-20(30)17-13-26(8-5-18(17)25-21(23)28)19(29)12-16-4-3-11-32-16/h3-4,11,15H,5-10,12-14H2,1-2H3,(H,24,31). The Morgan fingerprint density at radius 1 is 1.22 bits per heavy atom.